The Bertz CT molecular complexity index is 1240. The van der Waals surface area contributed by atoms with E-state index in [9.17, 15) is 15.2 Å². The Kier molecular flexibility index (Phi) is 7.84. The van der Waals surface area contributed by atoms with Gasteiger partial charge < -0.3 is 9.84 Å². The highest BCUT2D eigenvalue weighted by Gasteiger charge is 2.30. The summed E-state index contributed by atoms with van der Waals surface area (Å²) in [7, 11) is 0. The number of likely N-dealkylation sites (tertiary alicyclic amines) is 1. The van der Waals surface area contributed by atoms with E-state index in [4.69, 9.17) is 4.74 Å². The van der Waals surface area contributed by atoms with Gasteiger partial charge in [0, 0.05) is 18.3 Å². The van der Waals surface area contributed by atoms with Gasteiger partial charge in [-0.3, -0.25) is 9.69 Å². The van der Waals surface area contributed by atoms with Gasteiger partial charge >= 0.3 is 5.97 Å². The fourth-order valence-corrected chi connectivity index (χ4v) is 5.76. The van der Waals surface area contributed by atoms with E-state index in [-0.39, 0.29) is 12.1 Å². The Hall–Kier alpha value is -3.21. The van der Waals surface area contributed by atoms with Crippen LogP contribution in [-0.2, 0) is 17.6 Å². The summed E-state index contributed by atoms with van der Waals surface area (Å²) < 4.78 is 5.75. The molecule has 0 radical (unpaired) electrons. The van der Waals surface area contributed by atoms with Crippen LogP contribution in [0.4, 0.5) is 0 Å². The second-order valence-electron chi connectivity index (χ2n) is 9.10. The smallest absolute Gasteiger partial charge is 0.320 e. The monoisotopic (exact) mass is 489 g/mol. The van der Waals surface area contributed by atoms with Crippen LogP contribution in [0.5, 0.6) is 5.75 Å². The molecule has 182 valence electrons. The largest absolute Gasteiger partial charge is 0.490 e. The van der Waals surface area contributed by atoms with E-state index in [1.807, 2.05) is 38.2 Å². The van der Waals surface area contributed by atoms with E-state index in [0.29, 0.717) is 11.3 Å². The number of hydrogen-bond donors (Lipinski definition) is 1. The second-order valence-corrected chi connectivity index (χ2v) is 10.1. The van der Waals surface area contributed by atoms with Gasteiger partial charge in [0.25, 0.3) is 0 Å². The average Bonchev–Trinajstić information content (AvgIpc) is 3.52. The van der Waals surface area contributed by atoms with Gasteiger partial charge in [-0.25, -0.2) is 4.98 Å². The first-order valence-electron chi connectivity index (χ1n) is 12.2. The molecule has 6 nitrogen and oxygen atoms in total. The molecule has 0 saturated carbocycles. The lowest BCUT2D eigenvalue weighted by Gasteiger charge is -2.22. The molecule has 2 heterocycles. The number of carbonyl (C=O) groups is 1. The number of aliphatic carboxylic acids is 1. The van der Waals surface area contributed by atoms with Crippen LogP contribution >= 0.6 is 11.3 Å². The van der Waals surface area contributed by atoms with Gasteiger partial charge in [0.05, 0.1) is 16.5 Å². The third-order valence-corrected chi connectivity index (χ3v) is 7.50. The molecule has 0 unspecified atom stereocenters. The SMILES string of the molecule is CCc1c(CCN2CCC[C@@H]2C(=O)O)cccc1-c1cnc(-c2ccc(OC(C)C)c(C#N)c2)s1. The fourth-order valence-electron chi connectivity index (χ4n) is 4.79. The van der Waals surface area contributed by atoms with Crippen LogP contribution in [0, 0.1) is 11.3 Å². The molecule has 1 aliphatic heterocycles. The number of rotatable bonds is 9. The zero-order chi connectivity index (χ0) is 24.9. The molecule has 0 spiro atoms. The third kappa shape index (κ3) is 5.55. The molecular formula is C28H31N3O3S. The summed E-state index contributed by atoms with van der Waals surface area (Å²) >= 11 is 1.61. The maximum absolute atomic E-state index is 11.5. The highest BCUT2D eigenvalue weighted by molar-refractivity contribution is 7.18. The quantitative estimate of drug-likeness (QED) is 0.409. The number of hydrogen-bond acceptors (Lipinski definition) is 6. The summed E-state index contributed by atoms with van der Waals surface area (Å²) in [6.45, 7) is 7.65. The van der Waals surface area contributed by atoms with E-state index < -0.39 is 5.97 Å². The molecule has 1 saturated heterocycles. The van der Waals surface area contributed by atoms with Crippen molar-refractivity contribution in [2.24, 2.45) is 0 Å². The predicted molar refractivity (Wildman–Crippen MR) is 139 cm³/mol. The number of thiazole rings is 1. The van der Waals surface area contributed by atoms with Crippen molar-refractivity contribution in [2.75, 3.05) is 13.1 Å². The second kappa shape index (κ2) is 11.0. The number of nitriles is 1. The molecule has 1 aliphatic rings. The van der Waals surface area contributed by atoms with E-state index in [1.54, 1.807) is 11.3 Å². The molecule has 2 aromatic carbocycles. The van der Waals surface area contributed by atoms with Crippen molar-refractivity contribution in [1.29, 1.82) is 5.26 Å². The van der Waals surface area contributed by atoms with E-state index in [1.165, 1.54) is 16.7 Å². The van der Waals surface area contributed by atoms with E-state index >= 15 is 0 Å². The molecule has 1 aromatic heterocycles. The van der Waals surface area contributed by atoms with Gasteiger partial charge in [-0.2, -0.15) is 5.26 Å². The topological polar surface area (TPSA) is 86.5 Å². The molecule has 3 aromatic rings. The molecule has 1 atom stereocenters. The van der Waals surface area contributed by atoms with Crippen LogP contribution < -0.4 is 4.74 Å². The van der Waals surface area contributed by atoms with Crippen LogP contribution in [0.2, 0.25) is 0 Å². The Balaban J connectivity index is 1.57. The molecule has 4 rings (SSSR count). The normalized spacial score (nSPS) is 15.9. The molecule has 1 N–H and O–H groups in total. The lowest BCUT2D eigenvalue weighted by atomic mass is 9.96. The fraction of sp³-hybridized carbons (Fsp3) is 0.393. The van der Waals surface area contributed by atoms with E-state index in [0.717, 1.165) is 54.2 Å². The predicted octanol–water partition coefficient (Wildman–Crippen LogP) is 5.79. The van der Waals surface area contributed by atoms with Crippen molar-refractivity contribution in [3.05, 3.63) is 59.3 Å². The van der Waals surface area contributed by atoms with Crippen LogP contribution in [0.3, 0.4) is 0 Å². The number of benzene rings is 2. The molecule has 0 amide bonds. The van der Waals surface area contributed by atoms with Crippen LogP contribution in [0.15, 0.2) is 42.6 Å². The van der Waals surface area contributed by atoms with Gasteiger partial charge in [-0.05, 0) is 81.0 Å². The highest BCUT2D eigenvalue weighted by atomic mass is 32.1. The summed E-state index contributed by atoms with van der Waals surface area (Å²) in [5.41, 5.74) is 5.12. The van der Waals surface area contributed by atoms with Crippen LogP contribution in [-0.4, -0.2) is 46.2 Å². The molecule has 1 fully saturated rings. The minimum absolute atomic E-state index is 0.000335. The van der Waals surface area contributed by atoms with Crippen molar-refractivity contribution in [3.63, 3.8) is 0 Å². The van der Waals surface area contributed by atoms with Gasteiger partial charge in [-0.15, -0.1) is 11.3 Å². The number of ether oxygens (including phenoxy) is 1. The summed E-state index contributed by atoms with van der Waals surface area (Å²) in [6.07, 6.45) is 5.30. The first kappa shape index (κ1) is 24.9. The summed E-state index contributed by atoms with van der Waals surface area (Å²) in [5.74, 6) is -0.125. The first-order chi connectivity index (χ1) is 16.9. The Morgan fingerprint density at radius 2 is 2.17 bits per heavy atom. The van der Waals surface area contributed by atoms with Gasteiger partial charge in [0.1, 0.15) is 22.9 Å². The Labute approximate surface area is 210 Å². The zero-order valence-corrected chi connectivity index (χ0v) is 21.3. The number of nitrogens with zero attached hydrogens (tertiary/aromatic N) is 3. The van der Waals surface area contributed by atoms with Crippen molar-refractivity contribution >= 4 is 17.3 Å². The number of carboxylic acids is 1. The van der Waals surface area contributed by atoms with Crippen molar-refractivity contribution in [3.8, 4) is 32.8 Å². The minimum Gasteiger partial charge on any atom is -0.490 e. The molecule has 35 heavy (non-hydrogen) atoms. The average molecular weight is 490 g/mol. The summed E-state index contributed by atoms with van der Waals surface area (Å²) in [4.78, 5) is 19.4. The third-order valence-electron chi connectivity index (χ3n) is 6.42. The van der Waals surface area contributed by atoms with Gasteiger partial charge in [0.15, 0.2) is 0 Å². The van der Waals surface area contributed by atoms with Crippen LogP contribution in [0.25, 0.3) is 21.0 Å². The van der Waals surface area contributed by atoms with E-state index in [2.05, 4.69) is 41.1 Å². The van der Waals surface area contributed by atoms with Crippen molar-refractivity contribution < 1.29 is 14.6 Å². The summed E-state index contributed by atoms with van der Waals surface area (Å²) in [5, 5.41) is 19.9. The Morgan fingerprint density at radius 3 is 2.89 bits per heavy atom. The van der Waals surface area contributed by atoms with Crippen LogP contribution in [0.1, 0.15) is 50.3 Å². The zero-order valence-electron chi connectivity index (χ0n) is 20.5. The molecule has 0 bridgehead atoms. The molecule has 0 aliphatic carbocycles. The number of carboxylic acid groups (broad SMARTS) is 1. The lowest BCUT2D eigenvalue weighted by Crippen LogP contribution is -2.37. The van der Waals surface area contributed by atoms with Crippen molar-refractivity contribution in [2.45, 2.75) is 58.6 Å². The van der Waals surface area contributed by atoms with Gasteiger partial charge in [-0.1, -0.05) is 25.1 Å². The highest BCUT2D eigenvalue weighted by Crippen LogP contribution is 2.36. The van der Waals surface area contributed by atoms with Crippen molar-refractivity contribution in [1.82, 2.24) is 9.88 Å². The van der Waals surface area contributed by atoms with Gasteiger partial charge in [0.2, 0.25) is 0 Å². The number of aromatic nitrogens is 1. The lowest BCUT2D eigenvalue weighted by molar-refractivity contribution is -0.142. The minimum atomic E-state index is -0.715. The first-order valence-corrected chi connectivity index (χ1v) is 13.0. The summed E-state index contributed by atoms with van der Waals surface area (Å²) in [6, 6.07) is 13.9. The maximum Gasteiger partial charge on any atom is 0.320 e. The standard InChI is InChI=1S/C28H31N3O3S/c1-4-22-19(12-14-31-13-6-9-24(31)28(32)33)7-5-8-23(22)26-17-30-27(35-26)20-10-11-25(34-18(2)3)21(15-20)16-29/h5,7-8,10-11,15,17-18,24H,4,6,9,12-14H2,1-3H3,(H,32,33)/t24-/m1/s1. The molecular weight excluding hydrogens is 458 g/mol. The molecule has 7 heteroatoms. The Morgan fingerprint density at radius 1 is 1.34 bits per heavy atom. The maximum atomic E-state index is 11.5.